The molecule has 0 unspecified atom stereocenters. The highest BCUT2D eigenvalue weighted by molar-refractivity contribution is 5.96. The summed E-state index contributed by atoms with van der Waals surface area (Å²) in [5, 5.41) is 1.90. The second kappa shape index (κ2) is 5.50. The number of hydrazine groups is 1. The Morgan fingerprint density at radius 3 is 2.88 bits per heavy atom. The molecule has 1 aromatic rings. The summed E-state index contributed by atoms with van der Waals surface area (Å²) in [7, 11) is 1.57. The molecular formula is C13H16N2O2. The van der Waals surface area contributed by atoms with Crippen LogP contribution < -0.4 is 10.2 Å². The molecule has 0 bridgehead atoms. The Morgan fingerprint density at radius 2 is 2.18 bits per heavy atom. The van der Waals surface area contributed by atoms with E-state index in [-0.39, 0.29) is 5.91 Å². The molecule has 0 spiro atoms. The van der Waals surface area contributed by atoms with Gasteiger partial charge < -0.3 is 4.74 Å². The summed E-state index contributed by atoms with van der Waals surface area (Å²) in [5.41, 5.74) is 3.43. The molecule has 0 radical (unpaired) electrons. The van der Waals surface area contributed by atoms with Crippen molar-refractivity contribution in [2.75, 3.05) is 20.2 Å². The molecule has 0 aliphatic carbocycles. The third-order valence-electron chi connectivity index (χ3n) is 2.67. The fraction of sp³-hybridized carbons (Fsp3) is 0.308. The number of ether oxygens (including phenoxy) is 1. The molecule has 90 valence electrons. The van der Waals surface area contributed by atoms with E-state index in [0.29, 0.717) is 11.3 Å². The first kappa shape index (κ1) is 11.7. The zero-order valence-corrected chi connectivity index (χ0v) is 9.85. The molecule has 17 heavy (non-hydrogen) atoms. The van der Waals surface area contributed by atoms with Gasteiger partial charge in [-0.3, -0.25) is 10.2 Å². The van der Waals surface area contributed by atoms with Crippen LogP contribution in [0.15, 0.2) is 36.4 Å². The average molecular weight is 232 g/mol. The molecule has 2 rings (SSSR count). The van der Waals surface area contributed by atoms with Crippen molar-refractivity contribution in [1.29, 1.82) is 0 Å². The number of carbonyl (C=O) groups is 1. The fourth-order valence-corrected chi connectivity index (χ4v) is 1.78. The maximum atomic E-state index is 12.0. The summed E-state index contributed by atoms with van der Waals surface area (Å²) in [6.45, 7) is 1.60. The third-order valence-corrected chi connectivity index (χ3v) is 2.67. The predicted octanol–water partition coefficient (Wildman–Crippen LogP) is 1.60. The number of carbonyl (C=O) groups excluding carboxylic acids is 1. The van der Waals surface area contributed by atoms with Gasteiger partial charge in [-0.25, -0.2) is 5.01 Å². The quantitative estimate of drug-likeness (QED) is 0.805. The Hall–Kier alpha value is -1.81. The van der Waals surface area contributed by atoms with Gasteiger partial charge in [-0.15, -0.1) is 0 Å². The SMILES string of the molecule is COc1ccccc1C(=O)NN1CC=CCC1. The van der Waals surface area contributed by atoms with Crippen molar-refractivity contribution in [2.24, 2.45) is 0 Å². The zero-order valence-electron chi connectivity index (χ0n) is 9.85. The maximum absolute atomic E-state index is 12.0. The van der Waals surface area contributed by atoms with Crippen LogP contribution >= 0.6 is 0 Å². The first-order chi connectivity index (χ1) is 8.31. The van der Waals surface area contributed by atoms with Crippen molar-refractivity contribution < 1.29 is 9.53 Å². The van der Waals surface area contributed by atoms with Crippen LogP contribution in [0.25, 0.3) is 0 Å². The molecule has 4 nitrogen and oxygen atoms in total. The van der Waals surface area contributed by atoms with Crippen molar-refractivity contribution in [1.82, 2.24) is 10.4 Å². The van der Waals surface area contributed by atoms with E-state index in [1.807, 2.05) is 23.2 Å². The maximum Gasteiger partial charge on any atom is 0.269 e. The van der Waals surface area contributed by atoms with Crippen LogP contribution in [0.5, 0.6) is 5.75 Å². The van der Waals surface area contributed by atoms with Gasteiger partial charge in [0.25, 0.3) is 5.91 Å². The number of hydrogen-bond donors (Lipinski definition) is 1. The van der Waals surface area contributed by atoms with E-state index in [9.17, 15) is 4.79 Å². The number of nitrogens with one attached hydrogen (secondary N) is 1. The number of amides is 1. The van der Waals surface area contributed by atoms with Crippen molar-refractivity contribution in [3.05, 3.63) is 42.0 Å². The number of para-hydroxylation sites is 1. The van der Waals surface area contributed by atoms with Gasteiger partial charge in [-0.2, -0.15) is 0 Å². The number of nitrogens with zero attached hydrogens (tertiary/aromatic N) is 1. The van der Waals surface area contributed by atoms with Crippen molar-refractivity contribution >= 4 is 5.91 Å². The minimum absolute atomic E-state index is 0.127. The van der Waals surface area contributed by atoms with Gasteiger partial charge in [-0.05, 0) is 18.6 Å². The van der Waals surface area contributed by atoms with E-state index in [2.05, 4.69) is 11.5 Å². The molecule has 1 N–H and O–H groups in total. The van der Waals surface area contributed by atoms with Gasteiger partial charge in [-0.1, -0.05) is 24.3 Å². The summed E-state index contributed by atoms with van der Waals surface area (Å²) in [6.07, 6.45) is 5.13. The second-order valence-electron chi connectivity index (χ2n) is 3.85. The minimum Gasteiger partial charge on any atom is -0.496 e. The lowest BCUT2D eigenvalue weighted by atomic mass is 10.2. The Kier molecular flexibility index (Phi) is 3.77. The molecule has 0 atom stereocenters. The number of benzene rings is 1. The zero-order chi connectivity index (χ0) is 12.1. The monoisotopic (exact) mass is 232 g/mol. The van der Waals surface area contributed by atoms with Gasteiger partial charge in [0.1, 0.15) is 5.75 Å². The molecule has 1 amide bonds. The van der Waals surface area contributed by atoms with Crippen LogP contribution in [0.4, 0.5) is 0 Å². The number of methoxy groups -OCH3 is 1. The Balaban J connectivity index is 2.06. The number of hydrogen-bond acceptors (Lipinski definition) is 3. The summed E-state index contributed by atoms with van der Waals surface area (Å²) >= 11 is 0. The van der Waals surface area contributed by atoms with Gasteiger partial charge in [0, 0.05) is 13.1 Å². The molecule has 0 aromatic heterocycles. The second-order valence-corrected chi connectivity index (χ2v) is 3.85. The normalized spacial score (nSPS) is 15.6. The van der Waals surface area contributed by atoms with Crippen LogP contribution in [0.3, 0.4) is 0 Å². The summed E-state index contributed by atoms with van der Waals surface area (Å²) in [6, 6.07) is 7.21. The largest absolute Gasteiger partial charge is 0.496 e. The standard InChI is InChI=1S/C13H16N2O2/c1-17-12-8-4-3-7-11(12)13(16)14-15-9-5-2-6-10-15/h2-5,7-8H,6,9-10H2,1H3,(H,14,16). The lowest BCUT2D eigenvalue weighted by Gasteiger charge is -2.24. The highest BCUT2D eigenvalue weighted by Crippen LogP contribution is 2.17. The summed E-state index contributed by atoms with van der Waals surface area (Å²) in [4.78, 5) is 12.0. The third kappa shape index (κ3) is 2.85. The number of rotatable bonds is 3. The van der Waals surface area contributed by atoms with Crippen molar-refractivity contribution in [3.63, 3.8) is 0 Å². The predicted molar refractivity (Wildman–Crippen MR) is 65.8 cm³/mol. The van der Waals surface area contributed by atoms with E-state index < -0.39 is 0 Å². The lowest BCUT2D eigenvalue weighted by Crippen LogP contribution is -2.43. The van der Waals surface area contributed by atoms with E-state index >= 15 is 0 Å². The smallest absolute Gasteiger partial charge is 0.269 e. The Labute approximate surface area is 101 Å². The molecule has 1 aliphatic heterocycles. The van der Waals surface area contributed by atoms with Crippen LogP contribution in [0.1, 0.15) is 16.8 Å². The Morgan fingerprint density at radius 1 is 1.35 bits per heavy atom. The summed E-state index contributed by atoms with van der Waals surface area (Å²) in [5.74, 6) is 0.468. The first-order valence-electron chi connectivity index (χ1n) is 5.65. The van der Waals surface area contributed by atoms with Crippen LogP contribution in [-0.2, 0) is 0 Å². The van der Waals surface area contributed by atoms with E-state index in [1.165, 1.54) is 0 Å². The molecule has 0 saturated carbocycles. The molecule has 0 saturated heterocycles. The summed E-state index contributed by atoms with van der Waals surface area (Å²) < 4.78 is 5.16. The van der Waals surface area contributed by atoms with Crippen LogP contribution in [-0.4, -0.2) is 31.1 Å². The fourth-order valence-electron chi connectivity index (χ4n) is 1.78. The molecule has 1 heterocycles. The van der Waals surface area contributed by atoms with Gasteiger partial charge >= 0.3 is 0 Å². The van der Waals surface area contributed by atoms with Gasteiger partial charge in [0.05, 0.1) is 12.7 Å². The average Bonchev–Trinajstić information content (AvgIpc) is 2.40. The van der Waals surface area contributed by atoms with Crippen LogP contribution in [0.2, 0.25) is 0 Å². The van der Waals surface area contributed by atoms with Gasteiger partial charge in [0.15, 0.2) is 0 Å². The minimum atomic E-state index is -0.127. The van der Waals surface area contributed by atoms with E-state index in [1.54, 1.807) is 19.2 Å². The van der Waals surface area contributed by atoms with Crippen LogP contribution in [0, 0.1) is 0 Å². The molecule has 4 heteroatoms. The van der Waals surface area contributed by atoms with Gasteiger partial charge in [0.2, 0.25) is 0 Å². The highest BCUT2D eigenvalue weighted by Gasteiger charge is 2.14. The molecule has 1 aromatic carbocycles. The van der Waals surface area contributed by atoms with Crippen molar-refractivity contribution in [2.45, 2.75) is 6.42 Å². The topological polar surface area (TPSA) is 41.6 Å². The molecular weight excluding hydrogens is 216 g/mol. The molecule has 1 aliphatic rings. The van der Waals surface area contributed by atoms with E-state index in [0.717, 1.165) is 19.5 Å². The first-order valence-corrected chi connectivity index (χ1v) is 5.65. The molecule has 0 fully saturated rings. The van der Waals surface area contributed by atoms with E-state index in [4.69, 9.17) is 4.74 Å². The Bertz CT molecular complexity index is 429. The highest BCUT2D eigenvalue weighted by atomic mass is 16.5. The lowest BCUT2D eigenvalue weighted by molar-refractivity contribution is 0.0801. The van der Waals surface area contributed by atoms with Crippen molar-refractivity contribution in [3.8, 4) is 5.75 Å².